The van der Waals surface area contributed by atoms with Crippen molar-refractivity contribution in [3.63, 3.8) is 0 Å². The second-order valence-electron chi connectivity index (χ2n) is 5.51. The summed E-state index contributed by atoms with van der Waals surface area (Å²) >= 11 is 0. The van der Waals surface area contributed by atoms with E-state index < -0.39 is 58.9 Å². The molecule has 2 aromatic rings. The van der Waals surface area contributed by atoms with E-state index in [-0.39, 0.29) is 6.42 Å². The first-order valence-corrected chi connectivity index (χ1v) is 7.27. The smallest absolute Gasteiger partial charge is 0.265 e. The molecule has 0 unspecified atom stereocenters. The molecule has 8 heteroatoms. The Morgan fingerprint density at radius 1 is 0.840 bits per heavy atom. The molecule has 25 heavy (non-hydrogen) atoms. The third kappa shape index (κ3) is 2.58. The number of hydrogen-bond acceptors (Lipinski definition) is 3. The maximum absolute atomic E-state index is 13.9. The Labute approximate surface area is 139 Å². The van der Waals surface area contributed by atoms with Crippen LogP contribution in [0.15, 0.2) is 30.3 Å². The Morgan fingerprint density at radius 3 is 1.76 bits per heavy atom. The van der Waals surface area contributed by atoms with E-state index in [4.69, 9.17) is 0 Å². The number of nitrogens with zero attached hydrogens (tertiary/aromatic N) is 1. The minimum atomic E-state index is -2.16. The van der Waals surface area contributed by atoms with E-state index in [0.717, 1.165) is 0 Å². The molecule has 1 heterocycles. The molecule has 1 aliphatic rings. The predicted octanol–water partition coefficient (Wildman–Crippen LogP) is 2.44. The summed E-state index contributed by atoms with van der Waals surface area (Å²) in [6.45, 7) is -0.686. The van der Waals surface area contributed by atoms with E-state index in [1.54, 1.807) is 30.3 Å². The Kier molecular flexibility index (Phi) is 4.30. The summed E-state index contributed by atoms with van der Waals surface area (Å²) in [5.41, 5.74) is -1.67. The summed E-state index contributed by atoms with van der Waals surface area (Å²) in [6, 6.07) is 7.31. The van der Waals surface area contributed by atoms with Crippen LogP contribution in [0.3, 0.4) is 0 Å². The molecular weight excluding hydrogens is 342 g/mol. The fourth-order valence-corrected chi connectivity index (χ4v) is 2.82. The number of imide groups is 1. The van der Waals surface area contributed by atoms with Gasteiger partial charge >= 0.3 is 0 Å². The van der Waals surface area contributed by atoms with Gasteiger partial charge in [0, 0.05) is 0 Å². The average Bonchev–Trinajstić information content (AvgIpc) is 2.88. The van der Waals surface area contributed by atoms with Crippen molar-refractivity contribution in [3.8, 4) is 0 Å². The number of aliphatic hydroxyl groups is 1. The van der Waals surface area contributed by atoms with Gasteiger partial charge in [-0.25, -0.2) is 17.6 Å². The molecule has 0 bridgehead atoms. The van der Waals surface area contributed by atoms with E-state index in [1.807, 2.05) is 0 Å². The van der Waals surface area contributed by atoms with E-state index in [0.29, 0.717) is 10.5 Å². The average molecular weight is 353 g/mol. The highest BCUT2D eigenvalue weighted by Gasteiger charge is 2.46. The lowest BCUT2D eigenvalue weighted by atomic mass is 10.1. The summed E-state index contributed by atoms with van der Waals surface area (Å²) in [4.78, 5) is 25.1. The Morgan fingerprint density at radius 2 is 1.32 bits per heavy atom. The summed E-state index contributed by atoms with van der Waals surface area (Å²) in [5.74, 6) is -10.8. The van der Waals surface area contributed by atoms with Crippen molar-refractivity contribution in [2.24, 2.45) is 0 Å². The van der Waals surface area contributed by atoms with Gasteiger partial charge in [0.05, 0.1) is 23.8 Å². The van der Waals surface area contributed by atoms with Crippen molar-refractivity contribution in [3.05, 3.63) is 70.3 Å². The predicted molar refractivity (Wildman–Crippen MR) is 77.8 cm³/mol. The first kappa shape index (κ1) is 17.1. The van der Waals surface area contributed by atoms with Crippen molar-refractivity contribution >= 4 is 11.8 Å². The Bertz CT molecular complexity index is 823. The third-order valence-electron chi connectivity index (χ3n) is 4.02. The molecule has 0 radical (unpaired) electrons. The lowest BCUT2D eigenvalue weighted by Gasteiger charge is -2.24. The van der Waals surface area contributed by atoms with E-state index in [1.165, 1.54) is 0 Å². The molecule has 130 valence electrons. The van der Waals surface area contributed by atoms with Crippen LogP contribution in [-0.2, 0) is 6.42 Å². The van der Waals surface area contributed by atoms with Crippen molar-refractivity contribution in [2.45, 2.75) is 12.5 Å². The van der Waals surface area contributed by atoms with Gasteiger partial charge in [-0.15, -0.1) is 0 Å². The van der Waals surface area contributed by atoms with Gasteiger partial charge in [-0.1, -0.05) is 30.3 Å². The number of amides is 2. The first-order valence-electron chi connectivity index (χ1n) is 7.27. The van der Waals surface area contributed by atoms with Crippen LogP contribution in [0.25, 0.3) is 0 Å². The van der Waals surface area contributed by atoms with E-state index in [9.17, 15) is 32.3 Å². The number of carbonyl (C=O) groups excluding carboxylic acids is 2. The topological polar surface area (TPSA) is 57.6 Å². The minimum absolute atomic E-state index is 0.0109. The second kappa shape index (κ2) is 6.29. The number of hydrogen-bond donors (Lipinski definition) is 1. The van der Waals surface area contributed by atoms with Gasteiger partial charge in [-0.2, -0.15) is 0 Å². The zero-order valence-corrected chi connectivity index (χ0v) is 12.6. The van der Waals surface area contributed by atoms with Crippen LogP contribution >= 0.6 is 0 Å². The van der Waals surface area contributed by atoms with Crippen LogP contribution in [0.1, 0.15) is 26.3 Å². The van der Waals surface area contributed by atoms with Gasteiger partial charge in [-0.3, -0.25) is 14.5 Å². The van der Waals surface area contributed by atoms with E-state index >= 15 is 0 Å². The fourth-order valence-electron chi connectivity index (χ4n) is 2.82. The molecule has 2 aromatic carbocycles. The van der Waals surface area contributed by atoms with Gasteiger partial charge in [0.2, 0.25) is 0 Å². The minimum Gasteiger partial charge on any atom is -0.394 e. The Balaban J connectivity index is 2.04. The fraction of sp³-hybridized carbons (Fsp3) is 0.176. The summed E-state index contributed by atoms with van der Waals surface area (Å²) in [6.07, 6.45) is 0.0109. The van der Waals surface area contributed by atoms with Crippen LogP contribution < -0.4 is 0 Å². The van der Waals surface area contributed by atoms with Crippen LogP contribution in [0, 0.1) is 23.3 Å². The van der Waals surface area contributed by atoms with Crippen LogP contribution in [-0.4, -0.2) is 34.5 Å². The van der Waals surface area contributed by atoms with Crippen molar-refractivity contribution < 1.29 is 32.3 Å². The molecule has 1 N–H and O–H groups in total. The molecule has 0 saturated carbocycles. The lowest BCUT2D eigenvalue weighted by molar-refractivity contribution is 0.0513. The molecule has 0 aromatic heterocycles. The van der Waals surface area contributed by atoms with Gasteiger partial charge in [-0.05, 0) is 12.0 Å². The standard InChI is InChI=1S/C17H11F4NO3/c18-12-10-11(13(19)15(21)14(12)20)17(25)22(16(10)24)9(7-23)6-8-4-2-1-3-5-8/h1-5,9,23H,6-7H2/t9-/m1/s1. The van der Waals surface area contributed by atoms with Crippen LogP contribution in [0.5, 0.6) is 0 Å². The first-order chi connectivity index (χ1) is 11.9. The molecule has 0 spiro atoms. The molecule has 1 atom stereocenters. The second-order valence-corrected chi connectivity index (χ2v) is 5.51. The van der Waals surface area contributed by atoms with Crippen molar-refractivity contribution in [1.29, 1.82) is 0 Å². The Hall–Kier alpha value is -2.74. The van der Waals surface area contributed by atoms with Crippen molar-refractivity contribution in [2.75, 3.05) is 6.61 Å². The number of halogens is 4. The zero-order chi connectivity index (χ0) is 18.3. The quantitative estimate of drug-likeness (QED) is 0.398. The maximum Gasteiger partial charge on any atom is 0.265 e. The monoisotopic (exact) mass is 353 g/mol. The molecule has 2 amide bonds. The number of benzene rings is 2. The highest BCUT2D eigenvalue weighted by molar-refractivity contribution is 6.21. The van der Waals surface area contributed by atoms with E-state index in [2.05, 4.69) is 0 Å². The number of fused-ring (bicyclic) bond motifs is 1. The normalized spacial score (nSPS) is 14.8. The molecular formula is C17H11F4NO3. The zero-order valence-electron chi connectivity index (χ0n) is 12.6. The third-order valence-corrected chi connectivity index (χ3v) is 4.02. The SMILES string of the molecule is O=C1c2c(F)c(F)c(F)c(F)c2C(=O)N1[C@@H](CO)Cc1ccccc1. The van der Waals surface area contributed by atoms with Gasteiger partial charge < -0.3 is 5.11 Å². The van der Waals surface area contributed by atoms with Gasteiger partial charge in [0.15, 0.2) is 23.3 Å². The molecule has 0 aliphatic carbocycles. The summed E-state index contributed by atoms with van der Waals surface area (Å²) in [5, 5.41) is 9.53. The van der Waals surface area contributed by atoms with Crippen LogP contribution in [0.4, 0.5) is 17.6 Å². The maximum atomic E-state index is 13.9. The molecule has 4 nitrogen and oxygen atoms in total. The van der Waals surface area contributed by atoms with Crippen molar-refractivity contribution in [1.82, 2.24) is 4.90 Å². The van der Waals surface area contributed by atoms with Gasteiger partial charge in [0.25, 0.3) is 11.8 Å². The molecule has 3 rings (SSSR count). The number of aliphatic hydroxyl groups excluding tert-OH is 1. The number of rotatable bonds is 4. The lowest BCUT2D eigenvalue weighted by Crippen LogP contribution is -2.43. The molecule has 0 fully saturated rings. The highest BCUT2D eigenvalue weighted by atomic mass is 19.2. The summed E-state index contributed by atoms with van der Waals surface area (Å²) in [7, 11) is 0. The van der Waals surface area contributed by atoms with Crippen LogP contribution in [0.2, 0.25) is 0 Å². The van der Waals surface area contributed by atoms with Gasteiger partial charge in [0.1, 0.15) is 0 Å². The largest absolute Gasteiger partial charge is 0.394 e. The summed E-state index contributed by atoms with van der Waals surface area (Å²) < 4.78 is 54.5. The molecule has 0 saturated heterocycles. The molecule has 1 aliphatic heterocycles. The highest BCUT2D eigenvalue weighted by Crippen LogP contribution is 2.33. The number of carbonyl (C=O) groups is 2.